The van der Waals surface area contributed by atoms with Crippen LogP contribution in [0.1, 0.15) is 39.2 Å². The second kappa shape index (κ2) is 8.09. The Balaban J connectivity index is 2.13. The summed E-state index contributed by atoms with van der Waals surface area (Å²) in [7, 11) is 3.34. The van der Waals surface area contributed by atoms with Crippen LogP contribution in [0.2, 0.25) is 0 Å². The third-order valence-electron chi connectivity index (χ3n) is 4.50. The molecular formula is C21H29NO2. The summed E-state index contributed by atoms with van der Waals surface area (Å²) in [4.78, 5) is 0. The lowest BCUT2D eigenvalue weighted by Gasteiger charge is -2.15. The molecule has 0 saturated carbocycles. The van der Waals surface area contributed by atoms with Crippen molar-refractivity contribution >= 4 is 0 Å². The molecule has 0 aromatic heterocycles. The molecule has 0 aliphatic heterocycles. The molecule has 3 heteroatoms. The van der Waals surface area contributed by atoms with E-state index in [1.54, 1.807) is 14.2 Å². The number of ether oxygens (including phenoxy) is 2. The standard InChI is InChI=1S/C21H29NO2/c1-14(2)11-20-15(3)7-10-19(20)16(4)22-13-17-8-9-18(23-5)12-21(17)24-6/h8-9,11-12,15,22H,4,7,10,13H2,1-3,5-6H3. The predicted octanol–water partition coefficient (Wildman–Crippen LogP) is 5.00. The molecule has 0 radical (unpaired) electrons. The van der Waals surface area contributed by atoms with Gasteiger partial charge in [0.1, 0.15) is 11.5 Å². The molecule has 2 rings (SSSR count). The van der Waals surface area contributed by atoms with Gasteiger partial charge in [-0.25, -0.2) is 0 Å². The fraction of sp³-hybridized carbons (Fsp3) is 0.429. The highest BCUT2D eigenvalue weighted by molar-refractivity contribution is 5.45. The van der Waals surface area contributed by atoms with E-state index < -0.39 is 0 Å². The topological polar surface area (TPSA) is 30.5 Å². The minimum Gasteiger partial charge on any atom is -0.497 e. The van der Waals surface area contributed by atoms with Crippen LogP contribution in [-0.4, -0.2) is 14.2 Å². The molecular weight excluding hydrogens is 298 g/mol. The van der Waals surface area contributed by atoms with E-state index in [-0.39, 0.29) is 0 Å². The fourth-order valence-corrected chi connectivity index (χ4v) is 3.13. The molecule has 0 amide bonds. The van der Waals surface area contributed by atoms with Gasteiger partial charge in [0.15, 0.2) is 0 Å². The van der Waals surface area contributed by atoms with E-state index in [0.29, 0.717) is 12.5 Å². The van der Waals surface area contributed by atoms with Gasteiger partial charge in [0.2, 0.25) is 0 Å². The van der Waals surface area contributed by atoms with Crippen molar-refractivity contribution in [3.63, 3.8) is 0 Å². The van der Waals surface area contributed by atoms with Gasteiger partial charge in [-0.3, -0.25) is 0 Å². The molecule has 3 nitrogen and oxygen atoms in total. The zero-order valence-corrected chi connectivity index (χ0v) is 15.5. The Hall–Kier alpha value is -2.16. The van der Waals surface area contributed by atoms with Gasteiger partial charge >= 0.3 is 0 Å². The van der Waals surface area contributed by atoms with Gasteiger partial charge in [-0.15, -0.1) is 0 Å². The summed E-state index contributed by atoms with van der Waals surface area (Å²) < 4.78 is 10.7. The van der Waals surface area contributed by atoms with Gasteiger partial charge in [-0.05, 0) is 55.9 Å². The van der Waals surface area contributed by atoms with Crippen molar-refractivity contribution in [1.29, 1.82) is 0 Å². The number of hydrogen-bond donors (Lipinski definition) is 1. The third kappa shape index (κ3) is 4.22. The molecule has 0 heterocycles. The first-order chi connectivity index (χ1) is 11.5. The van der Waals surface area contributed by atoms with Crippen LogP contribution >= 0.6 is 0 Å². The summed E-state index contributed by atoms with van der Waals surface area (Å²) in [6.45, 7) is 11.5. The third-order valence-corrected chi connectivity index (χ3v) is 4.50. The van der Waals surface area contributed by atoms with E-state index in [1.807, 2.05) is 18.2 Å². The highest BCUT2D eigenvalue weighted by Crippen LogP contribution is 2.36. The first-order valence-electron chi connectivity index (χ1n) is 8.48. The molecule has 1 aliphatic carbocycles. The predicted molar refractivity (Wildman–Crippen MR) is 100 cm³/mol. The maximum Gasteiger partial charge on any atom is 0.127 e. The van der Waals surface area contributed by atoms with Gasteiger partial charge in [0, 0.05) is 23.9 Å². The monoisotopic (exact) mass is 327 g/mol. The van der Waals surface area contributed by atoms with Crippen LogP contribution in [0.25, 0.3) is 0 Å². The van der Waals surface area contributed by atoms with Crippen LogP contribution in [-0.2, 0) is 6.54 Å². The molecule has 1 aromatic rings. The minimum absolute atomic E-state index is 0.601. The number of allylic oxidation sites excluding steroid dienone is 4. The highest BCUT2D eigenvalue weighted by atomic mass is 16.5. The maximum absolute atomic E-state index is 5.47. The molecule has 1 aromatic carbocycles. The lowest BCUT2D eigenvalue weighted by molar-refractivity contribution is 0.390. The van der Waals surface area contributed by atoms with Crippen molar-refractivity contribution in [3.05, 3.63) is 58.8 Å². The van der Waals surface area contributed by atoms with E-state index in [0.717, 1.165) is 29.2 Å². The highest BCUT2D eigenvalue weighted by Gasteiger charge is 2.22. The van der Waals surface area contributed by atoms with Crippen molar-refractivity contribution in [2.45, 2.75) is 40.2 Å². The van der Waals surface area contributed by atoms with E-state index >= 15 is 0 Å². The second-order valence-electron chi connectivity index (χ2n) is 6.61. The van der Waals surface area contributed by atoms with Gasteiger partial charge in [-0.2, -0.15) is 0 Å². The van der Waals surface area contributed by atoms with Crippen LogP contribution in [0.3, 0.4) is 0 Å². The molecule has 0 spiro atoms. The van der Waals surface area contributed by atoms with Gasteiger partial charge in [-0.1, -0.05) is 25.2 Å². The number of nitrogens with one attached hydrogen (secondary N) is 1. The molecule has 0 saturated heterocycles. The van der Waals surface area contributed by atoms with Crippen LogP contribution < -0.4 is 14.8 Å². The van der Waals surface area contributed by atoms with Crippen molar-refractivity contribution in [2.24, 2.45) is 5.92 Å². The molecule has 1 unspecified atom stereocenters. The summed E-state index contributed by atoms with van der Waals surface area (Å²) in [5.74, 6) is 2.23. The summed E-state index contributed by atoms with van der Waals surface area (Å²) in [6, 6.07) is 5.89. The Kier molecular flexibility index (Phi) is 6.13. The smallest absolute Gasteiger partial charge is 0.127 e. The van der Waals surface area contributed by atoms with E-state index in [9.17, 15) is 0 Å². The average Bonchev–Trinajstić information content (AvgIpc) is 2.92. The molecule has 0 bridgehead atoms. The average molecular weight is 327 g/mol. The van der Waals surface area contributed by atoms with E-state index in [2.05, 4.69) is 38.7 Å². The van der Waals surface area contributed by atoms with Crippen LogP contribution in [0, 0.1) is 5.92 Å². The minimum atomic E-state index is 0.601. The Bertz CT molecular complexity index is 666. The van der Waals surface area contributed by atoms with Gasteiger partial charge in [0.05, 0.1) is 14.2 Å². The van der Waals surface area contributed by atoms with Crippen molar-refractivity contribution in [1.82, 2.24) is 5.32 Å². The molecule has 0 fully saturated rings. The van der Waals surface area contributed by atoms with Crippen molar-refractivity contribution < 1.29 is 9.47 Å². The normalized spacial score (nSPS) is 16.8. The number of hydrogen-bond acceptors (Lipinski definition) is 3. The number of benzene rings is 1. The molecule has 1 aliphatic rings. The Morgan fingerprint density at radius 1 is 1.29 bits per heavy atom. The number of rotatable bonds is 7. The largest absolute Gasteiger partial charge is 0.497 e. The molecule has 130 valence electrons. The Labute approximate surface area is 146 Å². The van der Waals surface area contributed by atoms with Crippen molar-refractivity contribution in [2.75, 3.05) is 14.2 Å². The first-order valence-corrected chi connectivity index (χ1v) is 8.48. The lowest BCUT2D eigenvalue weighted by Crippen LogP contribution is -2.14. The zero-order chi connectivity index (χ0) is 17.7. The SMILES string of the molecule is C=C(NCc1ccc(OC)cc1OC)C1=C(C=C(C)C)C(C)CC1. The molecule has 1 N–H and O–H groups in total. The summed E-state index contributed by atoms with van der Waals surface area (Å²) >= 11 is 0. The second-order valence-corrected chi connectivity index (χ2v) is 6.61. The quantitative estimate of drug-likeness (QED) is 0.764. The number of methoxy groups -OCH3 is 2. The Morgan fingerprint density at radius 3 is 2.67 bits per heavy atom. The van der Waals surface area contributed by atoms with Gasteiger partial charge < -0.3 is 14.8 Å². The van der Waals surface area contributed by atoms with E-state index in [4.69, 9.17) is 9.47 Å². The molecule has 24 heavy (non-hydrogen) atoms. The summed E-state index contributed by atoms with van der Waals surface area (Å²) in [6.07, 6.45) is 4.58. The van der Waals surface area contributed by atoms with E-state index in [1.165, 1.54) is 23.1 Å². The molecule has 1 atom stereocenters. The van der Waals surface area contributed by atoms with Crippen molar-refractivity contribution in [3.8, 4) is 11.5 Å². The fourth-order valence-electron chi connectivity index (χ4n) is 3.13. The summed E-state index contributed by atoms with van der Waals surface area (Å²) in [5, 5.41) is 3.47. The Morgan fingerprint density at radius 2 is 2.04 bits per heavy atom. The van der Waals surface area contributed by atoms with Crippen LogP contribution in [0.5, 0.6) is 11.5 Å². The maximum atomic E-state index is 5.47. The lowest BCUT2D eigenvalue weighted by atomic mass is 10.00. The first kappa shape index (κ1) is 18.2. The van der Waals surface area contributed by atoms with Gasteiger partial charge in [0.25, 0.3) is 0 Å². The summed E-state index contributed by atoms with van der Waals surface area (Å²) in [5.41, 5.74) is 6.23. The van der Waals surface area contributed by atoms with Crippen LogP contribution in [0.15, 0.2) is 53.3 Å². The van der Waals surface area contributed by atoms with Crippen LogP contribution in [0.4, 0.5) is 0 Å². The zero-order valence-electron chi connectivity index (χ0n) is 15.5.